The number of aromatic amines is 1. The zero-order valence-corrected chi connectivity index (χ0v) is 13.6. The number of anilines is 1. The molecule has 3 nitrogen and oxygen atoms in total. The number of H-pyrrole nitrogens is 1. The molecule has 1 N–H and O–H groups in total. The van der Waals surface area contributed by atoms with Crippen LogP contribution in [0.5, 0.6) is 0 Å². The summed E-state index contributed by atoms with van der Waals surface area (Å²) in [5, 5.41) is 0. The van der Waals surface area contributed by atoms with Gasteiger partial charge in [-0.25, -0.2) is 0 Å². The summed E-state index contributed by atoms with van der Waals surface area (Å²) >= 11 is 2.26. The highest BCUT2D eigenvalue weighted by atomic mass is 127. The zero-order chi connectivity index (χ0) is 14.1. The van der Waals surface area contributed by atoms with Crippen LogP contribution in [0.25, 0.3) is 0 Å². The molecule has 0 unspecified atom stereocenters. The van der Waals surface area contributed by atoms with Crippen LogP contribution in [0, 0.1) is 3.57 Å². The third kappa shape index (κ3) is 2.49. The average molecular weight is 380 g/mol. The Balaban J connectivity index is 1.89. The maximum absolute atomic E-state index is 12.6. The highest BCUT2D eigenvalue weighted by Gasteiger charge is 2.20. The zero-order valence-electron chi connectivity index (χ0n) is 11.4. The minimum atomic E-state index is 0.0310. The fraction of sp³-hybridized carbons (Fsp3) is 0.312. The van der Waals surface area contributed by atoms with E-state index in [0.29, 0.717) is 5.69 Å². The molecule has 2 aromatic rings. The minimum absolute atomic E-state index is 0.0310. The Labute approximate surface area is 132 Å². The van der Waals surface area contributed by atoms with Crippen molar-refractivity contribution in [2.45, 2.75) is 25.7 Å². The average Bonchev–Trinajstić information content (AvgIpc) is 2.90. The predicted molar refractivity (Wildman–Crippen MR) is 89.3 cm³/mol. The van der Waals surface area contributed by atoms with Gasteiger partial charge in [0.2, 0.25) is 0 Å². The number of halogens is 1. The summed E-state index contributed by atoms with van der Waals surface area (Å²) in [4.78, 5) is 17.6. The fourth-order valence-electron chi connectivity index (χ4n) is 2.73. The number of benzene rings is 1. The van der Waals surface area contributed by atoms with E-state index in [1.54, 1.807) is 4.90 Å². The van der Waals surface area contributed by atoms with Crippen molar-refractivity contribution in [2.24, 2.45) is 0 Å². The van der Waals surface area contributed by atoms with Crippen molar-refractivity contribution >= 4 is 34.2 Å². The number of hydrogen-bond acceptors (Lipinski definition) is 1. The normalized spacial score (nSPS) is 13.9. The molecule has 3 rings (SSSR count). The van der Waals surface area contributed by atoms with Crippen molar-refractivity contribution in [3.05, 3.63) is 50.9 Å². The van der Waals surface area contributed by atoms with Crippen molar-refractivity contribution in [3.63, 3.8) is 0 Å². The Bertz CT molecular complexity index is 624. The largest absolute Gasteiger partial charge is 0.354 e. The van der Waals surface area contributed by atoms with Gasteiger partial charge in [-0.15, -0.1) is 0 Å². The van der Waals surface area contributed by atoms with E-state index in [4.69, 9.17) is 0 Å². The van der Waals surface area contributed by atoms with Gasteiger partial charge in [-0.2, -0.15) is 0 Å². The smallest absolute Gasteiger partial charge is 0.274 e. The second kappa shape index (κ2) is 5.60. The number of hydrogen-bond donors (Lipinski definition) is 1. The molecule has 1 aromatic carbocycles. The van der Waals surface area contributed by atoms with Crippen LogP contribution in [0.4, 0.5) is 5.69 Å². The number of aromatic nitrogens is 1. The van der Waals surface area contributed by atoms with E-state index in [-0.39, 0.29) is 5.91 Å². The molecule has 0 aliphatic heterocycles. The Hall–Kier alpha value is -1.30. The summed E-state index contributed by atoms with van der Waals surface area (Å²) in [6.45, 7) is 0. The van der Waals surface area contributed by atoms with Crippen molar-refractivity contribution in [3.8, 4) is 0 Å². The first-order valence-corrected chi connectivity index (χ1v) is 7.98. The van der Waals surface area contributed by atoms with Crippen LogP contribution in [0.15, 0.2) is 30.3 Å². The van der Waals surface area contributed by atoms with Crippen molar-refractivity contribution in [2.75, 3.05) is 11.9 Å². The van der Waals surface area contributed by atoms with Gasteiger partial charge in [0.1, 0.15) is 5.69 Å². The second-order valence-electron chi connectivity index (χ2n) is 5.21. The molecular formula is C16H17IN2O. The fourth-order valence-corrected chi connectivity index (χ4v) is 3.48. The molecule has 0 saturated carbocycles. The van der Waals surface area contributed by atoms with Gasteiger partial charge < -0.3 is 9.88 Å². The number of amides is 1. The summed E-state index contributed by atoms with van der Waals surface area (Å²) < 4.78 is 1.08. The third-order valence-electron chi connectivity index (χ3n) is 3.86. The standard InChI is InChI=1S/C16H17IN2O/c1-19(15-9-5-3-7-12(15)17)16(20)14-10-11-6-2-4-8-13(11)18-14/h3,5,7,9-10,18H,2,4,6,8H2,1H3. The van der Waals surface area contributed by atoms with Crippen LogP contribution in [0.3, 0.4) is 0 Å². The quantitative estimate of drug-likeness (QED) is 0.792. The van der Waals surface area contributed by atoms with E-state index in [9.17, 15) is 4.79 Å². The number of nitrogens with one attached hydrogen (secondary N) is 1. The number of para-hydroxylation sites is 1. The van der Waals surface area contributed by atoms with Gasteiger partial charge in [0.05, 0.1) is 5.69 Å². The lowest BCUT2D eigenvalue weighted by Crippen LogP contribution is -2.27. The lowest BCUT2D eigenvalue weighted by atomic mass is 9.98. The van der Waals surface area contributed by atoms with E-state index >= 15 is 0 Å². The van der Waals surface area contributed by atoms with Crippen molar-refractivity contribution in [1.82, 2.24) is 4.98 Å². The first-order valence-electron chi connectivity index (χ1n) is 6.90. The van der Waals surface area contributed by atoms with Crippen LogP contribution >= 0.6 is 22.6 Å². The predicted octanol–water partition coefficient (Wildman–Crippen LogP) is 3.77. The molecule has 1 aromatic heterocycles. The maximum atomic E-state index is 12.6. The Kier molecular flexibility index (Phi) is 3.83. The van der Waals surface area contributed by atoms with E-state index in [2.05, 4.69) is 27.6 Å². The number of fused-ring (bicyclic) bond motifs is 1. The Morgan fingerprint density at radius 1 is 1.25 bits per heavy atom. The van der Waals surface area contributed by atoms with Gasteiger partial charge in [-0.3, -0.25) is 4.79 Å². The lowest BCUT2D eigenvalue weighted by molar-refractivity contribution is 0.0988. The van der Waals surface area contributed by atoms with Gasteiger partial charge in [-0.1, -0.05) is 12.1 Å². The van der Waals surface area contributed by atoms with Gasteiger partial charge in [0.15, 0.2) is 0 Å². The number of carbonyl (C=O) groups excluding carboxylic acids is 1. The van der Waals surface area contributed by atoms with Crippen LogP contribution in [-0.4, -0.2) is 17.9 Å². The molecule has 20 heavy (non-hydrogen) atoms. The Morgan fingerprint density at radius 2 is 2.00 bits per heavy atom. The number of aryl methyl sites for hydroxylation is 2. The first-order chi connectivity index (χ1) is 9.66. The van der Waals surface area contributed by atoms with Gasteiger partial charge in [0.25, 0.3) is 5.91 Å². The highest BCUT2D eigenvalue weighted by Crippen LogP contribution is 2.25. The van der Waals surface area contributed by atoms with Gasteiger partial charge >= 0.3 is 0 Å². The van der Waals surface area contributed by atoms with Crippen LogP contribution in [-0.2, 0) is 12.8 Å². The lowest BCUT2D eigenvalue weighted by Gasteiger charge is -2.18. The summed E-state index contributed by atoms with van der Waals surface area (Å²) in [6, 6.07) is 9.96. The molecule has 0 radical (unpaired) electrons. The molecule has 4 heteroatoms. The van der Waals surface area contributed by atoms with Crippen LogP contribution in [0.1, 0.15) is 34.6 Å². The van der Waals surface area contributed by atoms with Gasteiger partial charge in [0, 0.05) is 16.3 Å². The van der Waals surface area contributed by atoms with E-state index in [1.807, 2.05) is 37.4 Å². The van der Waals surface area contributed by atoms with Crippen molar-refractivity contribution < 1.29 is 4.79 Å². The molecule has 1 aliphatic rings. The molecule has 0 fully saturated rings. The van der Waals surface area contributed by atoms with E-state index < -0.39 is 0 Å². The monoisotopic (exact) mass is 380 g/mol. The first kappa shape index (κ1) is 13.7. The number of carbonyl (C=O) groups is 1. The molecule has 0 spiro atoms. The van der Waals surface area contributed by atoms with E-state index in [0.717, 1.165) is 22.1 Å². The summed E-state index contributed by atoms with van der Waals surface area (Å²) in [7, 11) is 1.83. The van der Waals surface area contributed by atoms with E-state index in [1.165, 1.54) is 24.1 Å². The Morgan fingerprint density at radius 3 is 2.75 bits per heavy atom. The number of nitrogens with zero attached hydrogens (tertiary/aromatic N) is 1. The summed E-state index contributed by atoms with van der Waals surface area (Å²) in [5.74, 6) is 0.0310. The second-order valence-corrected chi connectivity index (χ2v) is 6.37. The van der Waals surface area contributed by atoms with Gasteiger partial charge in [-0.05, 0) is 72.0 Å². The topological polar surface area (TPSA) is 36.1 Å². The SMILES string of the molecule is CN(C(=O)c1cc2c([nH]1)CCCC2)c1ccccc1I. The highest BCUT2D eigenvalue weighted by molar-refractivity contribution is 14.1. The molecule has 0 saturated heterocycles. The minimum Gasteiger partial charge on any atom is -0.354 e. The summed E-state index contributed by atoms with van der Waals surface area (Å²) in [5.41, 5.74) is 4.22. The third-order valence-corrected chi connectivity index (χ3v) is 4.78. The molecule has 0 bridgehead atoms. The maximum Gasteiger partial charge on any atom is 0.274 e. The van der Waals surface area contributed by atoms with Crippen LogP contribution in [0.2, 0.25) is 0 Å². The molecule has 0 atom stereocenters. The number of rotatable bonds is 2. The van der Waals surface area contributed by atoms with Crippen LogP contribution < -0.4 is 4.90 Å². The molecule has 1 aliphatic carbocycles. The van der Waals surface area contributed by atoms with Crippen molar-refractivity contribution in [1.29, 1.82) is 0 Å². The molecule has 1 heterocycles. The summed E-state index contributed by atoms with van der Waals surface area (Å²) in [6.07, 6.45) is 4.60. The molecule has 1 amide bonds. The molecular weight excluding hydrogens is 363 g/mol. The molecule has 104 valence electrons.